The van der Waals surface area contributed by atoms with Crippen LogP contribution in [0, 0.1) is 0 Å². The van der Waals surface area contributed by atoms with Crippen LogP contribution in [0.5, 0.6) is 0 Å². The van der Waals surface area contributed by atoms with Gasteiger partial charge in [-0.1, -0.05) is 36.4 Å². The van der Waals surface area contributed by atoms with Crippen molar-refractivity contribution in [3.63, 3.8) is 0 Å². The highest BCUT2D eigenvalue weighted by molar-refractivity contribution is 7.98. The highest BCUT2D eigenvalue weighted by Crippen LogP contribution is 2.27. The van der Waals surface area contributed by atoms with Crippen molar-refractivity contribution in [2.45, 2.75) is 31.5 Å². The minimum atomic E-state index is -0.645. The number of thioether (sulfide) groups is 1. The Balaban J connectivity index is 1.43. The van der Waals surface area contributed by atoms with Gasteiger partial charge in [-0.05, 0) is 53.8 Å². The van der Waals surface area contributed by atoms with Gasteiger partial charge in [-0.3, -0.25) is 9.59 Å². The number of para-hydroxylation sites is 2. The summed E-state index contributed by atoms with van der Waals surface area (Å²) in [7, 11) is 0. The third-order valence-corrected chi connectivity index (χ3v) is 6.85. The molecular formula is C26H26N4O3S. The van der Waals surface area contributed by atoms with Crippen molar-refractivity contribution in [2.24, 2.45) is 0 Å². The number of carbonyl (C=O) groups is 2. The first-order valence-corrected chi connectivity index (χ1v) is 12.7. The normalized spacial score (nSPS) is 16.3. The Morgan fingerprint density at radius 3 is 2.71 bits per heavy atom. The Hall–Kier alpha value is -3.52. The predicted molar refractivity (Wildman–Crippen MR) is 132 cm³/mol. The summed E-state index contributed by atoms with van der Waals surface area (Å²) in [5.41, 5.74) is 3.92. The first-order chi connectivity index (χ1) is 16.6. The van der Waals surface area contributed by atoms with E-state index < -0.39 is 6.04 Å². The molecular weight excluding hydrogens is 448 g/mol. The van der Waals surface area contributed by atoms with Crippen molar-refractivity contribution in [3.8, 4) is 0 Å². The van der Waals surface area contributed by atoms with Crippen LogP contribution in [0.4, 0.5) is 0 Å². The zero-order valence-corrected chi connectivity index (χ0v) is 19.7. The van der Waals surface area contributed by atoms with Crippen LogP contribution in [-0.2, 0) is 17.8 Å². The lowest BCUT2D eigenvalue weighted by atomic mass is 9.93. The molecule has 7 nitrogen and oxygen atoms in total. The van der Waals surface area contributed by atoms with Gasteiger partial charge in [0.25, 0.3) is 5.91 Å². The number of amides is 2. The van der Waals surface area contributed by atoms with Crippen LogP contribution in [-0.4, -0.2) is 44.7 Å². The van der Waals surface area contributed by atoms with Crippen molar-refractivity contribution < 1.29 is 14.0 Å². The summed E-state index contributed by atoms with van der Waals surface area (Å²) < 4.78 is 5.36. The van der Waals surface area contributed by atoms with Gasteiger partial charge in [0.15, 0.2) is 5.76 Å². The Morgan fingerprint density at radius 2 is 1.94 bits per heavy atom. The van der Waals surface area contributed by atoms with E-state index in [0.29, 0.717) is 13.0 Å². The average molecular weight is 475 g/mol. The number of imidazole rings is 1. The number of hydrogen-bond donors (Lipinski definition) is 2. The van der Waals surface area contributed by atoms with Crippen LogP contribution in [0.25, 0.3) is 11.0 Å². The van der Waals surface area contributed by atoms with Crippen molar-refractivity contribution in [1.82, 2.24) is 20.2 Å². The maximum absolute atomic E-state index is 13.7. The second kappa shape index (κ2) is 9.77. The van der Waals surface area contributed by atoms with Gasteiger partial charge in [0.2, 0.25) is 5.91 Å². The molecule has 8 heteroatoms. The summed E-state index contributed by atoms with van der Waals surface area (Å²) in [4.78, 5) is 36.6. The van der Waals surface area contributed by atoms with Crippen LogP contribution >= 0.6 is 11.8 Å². The van der Waals surface area contributed by atoms with Gasteiger partial charge in [-0.25, -0.2) is 4.98 Å². The molecule has 2 N–H and O–H groups in total. The Morgan fingerprint density at radius 1 is 1.15 bits per heavy atom. The zero-order valence-electron chi connectivity index (χ0n) is 18.9. The minimum Gasteiger partial charge on any atom is -0.459 e. The molecule has 2 aromatic heterocycles. The topological polar surface area (TPSA) is 91.2 Å². The van der Waals surface area contributed by atoms with Gasteiger partial charge >= 0.3 is 0 Å². The smallest absolute Gasteiger partial charge is 0.290 e. The van der Waals surface area contributed by atoms with Crippen molar-refractivity contribution in [3.05, 3.63) is 89.6 Å². The van der Waals surface area contributed by atoms with Crippen molar-refractivity contribution in [2.75, 3.05) is 12.0 Å². The van der Waals surface area contributed by atoms with Gasteiger partial charge in [-0.15, -0.1) is 0 Å². The van der Waals surface area contributed by atoms with E-state index in [-0.39, 0.29) is 23.6 Å². The highest BCUT2D eigenvalue weighted by Gasteiger charge is 2.37. The van der Waals surface area contributed by atoms with E-state index in [1.54, 1.807) is 28.8 Å². The first kappa shape index (κ1) is 22.3. The largest absolute Gasteiger partial charge is 0.459 e. The van der Waals surface area contributed by atoms with E-state index in [0.717, 1.165) is 40.2 Å². The summed E-state index contributed by atoms with van der Waals surface area (Å²) in [6.07, 6.45) is 4.69. The maximum atomic E-state index is 13.7. The van der Waals surface area contributed by atoms with Gasteiger partial charge in [-0.2, -0.15) is 11.8 Å². The predicted octanol–water partition coefficient (Wildman–Crippen LogP) is 4.33. The lowest BCUT2D eigenvalue weighted by Gasteiger charge is -2.36. The van der Waals surface area contributed by atoms with E-state index in [9.17, 15) is 9.59 Å². The van der Waals surface area contributed by atoms with Gasteiger partial charge in [0.05, 0.1) is 23.3 Å². The Bertz CT molecular complexity index is 1270. The SMILES string of the molecule is CSCC[C@H](NC(=O)[C@H]1Cc2ccccc2CN1C(=O)c1ccco1)c1nc2ccccc2[nH]1. The van der Waals surface area contributed by atoms with Gasteiger partial charge in [0, 0.05) is 13.0 Å². The fraction of sp³-hybridized carbons (Fsp3) is 0.269. The number of nitrogens with zero attached hydrogens (tertiary/aromatic N) is 2. The van der Waals surface area contributed by atoms with Crippen LogP contribution in [0.2, 0.25) is 0 Å². The highest BCUT2D eigenvalue weighted by atomic mass is 32.2. The zero-order chi connectivity index (χ0) is 23.5. The number of carbonyl (C=O) groups excluding carboxylic acids is 2. The molecule has 0 fully saturated rings. The Labute approximate surface area is 201 Å². The number of benzene rings is 2. The molecule has 0 saturated carbocycles. The summed E-state index contributed by atoms with van der Waals surface area (Å²) in [6.45, 7) is 0.355. The summed E-state index contributed by atoms with van der Waals surface area (Å²) >= 11 is 1.72. The van der Waals surface area contributed by atoms with Crippen LogP contribution in [0.15, 0.2) is 71.3 Å². The number of aromatic nitrogens is 2. The van der Waals surface area contributed by atoms with Crippen LogP contribution in [0.1, 0.15) is 40.0 Å². The quantitative estimate of drug-likeness (QED) is 0.416. The lowest BCUT2D eigenvalue weighted by molar-refractivity contribution is -0.127. The molecule has 0 unspecified atom stereocenters. The van der Waals surface area contributed by atoms with Crippen LogP contribution < -0.4 is 5.32 Å². The van der Waals surface area contributed by atoms with Crippen LogP contribution in [0.3, 0.4) is 0 Å². The third kappa shape index (κ3) is 4.46. The van der Waals surface area contributed by atoms with Gasteiger partial charge < -0.3 is 19.6 Å². The molecule has 0 spiro atoms. The fourth-order valence-corrected chi connectivity index (χ4v) is 4.90. The number of hydrogen-bond acceptors (Lipinski definition) is 5. The molecule has 34 heavy (non-hydrogen) atoms. The monoisotopic (exact) mass is 474 g/mol. The third-order valence-electron chi connectivity index (χ3n) is 6.21. The molecule has 1 aliphatic rings. The van der Waals surface area contributed by atoms with Crippen molar-refractivity contribution in [1.29, 1.82) is 0 Å². The summed E-state index contributed by atoms with van der Waals surface area (Å²) in [5, 5.41) is 3.19. The maximum Gasteiger partial charge on any atom is 0.290 e. The van der Waals surface area contributed by atoms with Crippen molar-refractivity contribution >= 4 is 34.6 Å². The average Bonchev–Trinajstić information content (AvgIpc) is 3.55. The molecule has 0 aliphatic carbocycles. The molecule has 5 rings (SSSR count). The number of aromatic amines is 1. The number of nitrogens with one attached hydrogen (secondary N) is 2. The Kier molecular flexibility index (Phi) is 6.40. The molecule has 2 amide bonds. The van der Waals surface area contributed by atoms with Gasteiger partial charge in [0.1, 0.15) is 11.9 Å². The second-order valence-electron chi connectivity index (χ2n) is 8.38. The molecule has 1 aliphatic heterocycles. The van der Waals surface area contributed by atoms with E-state index in [2.05, 4.69) is 10.3 Å². The second-order valence-corrected chi connectivity index (χ2v) is 9.37. The molecule has 174 valence electrons. The van der Waals surface area contributed by atoms with E-state index in [1.807, 2.05) is 54.8 Å². The molecule has 0 bridgehead atoms. The molecule has 2 atom stereocenters. The molecule has 0 saturated heterocycles. The standard InChI is InChI=1S/C26H26N4O3S/c1-34-14-12-21(24-27-19-9-4-5-10-20(19)28-24)29-25(31)22-15-17-7-2-3-8-18(17)16-30(22)26(32)23-11-6-13-33-23/h2-11,13,21-22H,12,14-16H2,1H3,(H,27,28)(H,29,31)/t21-,22+/m0/s1. The number of furan rings is 1. The van der Waals surface area contributed by atoms with E-state index in [1.165, 1.54) is 6.26 Å². The number of fused-ring (bicyclic) bond motifs is 2. The molecule has 2 aromatic carbocycles. The number of rotatable bonds is 7. The fourth-order valence-electron chi connectivity index (χ4n) is 4.43. The molecule has 3 heterocycles. The lowest BCUT2D eigenvalue weighted by Crippen LogP contribution is -2.53. The summed E-state index contributed by atoms with van der Waals surface area (Å²) in [5.74, 6) is 1.34. The summed E-state index contributed by atoms with van der Waals surface area (Å²) in [6, 6.07) is 18.1. The molecule has 0 radical (unpaired) electrons. The first-order valence-electron chi connectivity index (χ1n) is 11.3. The number of H-pyrrole nitrogens is 1. The van der Waals surface area contributed by atoms with E-state index >= 15 is 0 Å². The molecule has 4 aromatic rings. The minimum absolute atomic E-state index is 0.194. The van der Waals surface area contributed by atoms with E-state index in [4.69, 9.17) is 9.40 Å².